The second kappa shape index (κ2) is 23.7. The monoisotopic (exact) mass is 894 g/mol. The van der Waals surface area contributed by atoms with Crippen LogP contribution < -0.4 is 31.7 Å². The minimum atomic E-state index is -2.02. The van der Waals surface area contributed by atoms with E-state index in [0.717, 1.165) is 12.3 Å². The first kappa shape index (κ1) is 49.2. The lowest BCUT2D eigenvalue weighted by Gasteiger charge is -2.32. The second-order valence-electron chi connectivity index (χ2n) is 14.4. The topological polar surface area (TPSA) is 284 Å². The van der Waals surface area contributed by atoms with Gasteiger partial charge in [-0.3, -0.25) is 24.0 Å². The van der Waals surface area contributed by atoms with Gasteiger partial charge in [-0.1, -0.05) is 41.9 Å². The third-order valence-corrected chi connectivity index (χ3v) is 9.81. The lowest BCUT2D eigenvalue weighted by Crippen LogP contribution is -2.57. The minimum Gasteiger partial charge on any atom is -0.497 e. The Morgan fingerprint density at radius 1 is 0.873 bits per heavy atom. The van der Waals surface area contributed by atoms with Gasteiger partial charge in [0.15, 0.2) is 0 Å². The fourth-order valence-corrected chi connectivity index (χ4v) is 6.40. The minimum absolute atomic E-state index is 0.0719. The summed E-state index contributed by atoms with van der Waals surface area (Å²) in [5.74, 6) is -4.26. The number of carbonyl (C=O) groups is 7. The fraction of sp³-hybridized carbons (Fsp3) is 0.395. The number of pyridine rings is 1. The standard InChI is InChI=1S/C43H51ClN6O13/c1-23(41(57)50-32(14-15-36(45)54)43(59)62-21-26-8-6-5-7-9-26)47-42(58)24(2)63-40(34(20-51)48-25(3)52)39(56)35(53)22-61-37(55)16-17-46-38-29-12-10-27(44)18-33(29)49-31-13-11-28(60-4)19-30(31)38/h5-13,18-20,23-24,32,34-35,39-40,53,56H,14-17,21-22H2,1-4H3,(H2,45,54)(H,46,49)(H,47,58)(H,48,52)(H,50,57)/t23?,24-,32?,34?,35?,39?,40?/m1/s1. The summed E-state index contributed by atoms with van der Waals surface area (Å²) >= 11 is 6.21. The van der Waals surface area contributed by atoms with Gasteiger partial charge in [0, 0.05) is 35.7 Å². The third-order valence-electron chi connectivity index (χ3n) is 9.58. The highest BCUT2D eigenvalue weighted by Crippen LogP contribution is 2.34. The van der Waals surface area contributed by atoms with Gasteiger partial charge in [-0.25, -0.2) is 9.78 Å². The van der Waals surface area contributed by atoms with E-state index < -0.39 is 84.7 Å². The lowest BCUT2D eigenvalue weighted by atomic mass is 10.0. The molecule has 6 unspecified atom stereocenters. The molecule has 63 heavy (non-hydrogen) atoms. The number of hydrogen-bond acceptors (Lipinski definition) is 15. The number of primary amides is 1. The van der Waals surface area contributed by atoms with Crippen LogP contribution in [0.15, 0.2) is 66.7 Å². The van der Waals surface area contributed by atoms with Gasteiger partial charge in [0.1, 0.15) is 67.8 Å². The third kappa shape index (κ3) is 14.6. The zero-order valence-electron chi connectivity index (χ0n) is 35.0. The Morgan fingerprint density at radius 2 is 1.60 bits per heavy atom. The Balaban J connectivity index is 1.36. The number of hydrogen-bond donors (Lipinski definition) is 7. The van der Waals surface area contributed by atoms with Crippen molar-refractivity contribution in [3.05, 3.63) is 77.3 Å². The molecule has 0 fully saturated rings. The van der Waals surface area contributed by atoms with Crippen LogP contribution in [0.2, 0.25) is 5.02 Å². The smallest absolute Gasteiger partial charge is 0.328 e. The van der Waals surface area contributed by atoms with Crippen molar-refractivity contribution < 1.29 is 62.7 Å². The number of methoxy groups -OCH3 is 1. The van der Waals surface area contributed by atoms with E-state index in [1.165, 1.54) is 21.0 Å². The van der Waals surface area contributed by atoms with E-state index in [4.69, 9.17) is 36.3 Å². The van der Waals surface area contributed by atoms with Crippen molar-refractivity contribution in [3.8, 4) is 5.75 Å². The number of fused-ring (bicyclic) bond motifs is 2. The van der Waals surface area contributed by atoms with Gasteiger partial charge in [-0.15, -0.1) is 0 Å². The normalized spacial score (nSPS) is 14.5. The van der Waals surface area contributed by atoms with Crippen molar-refractivity contribution >= 4 is 80.9 Å². The average molecular weight is 895 g/mol. The number of ether oxygens (including phenoxy) is 4. The van der Waals surface area contributed by atoms with Gasteiger partial charge in [0.2, 0.25) is 23.6 Å². The molecule has 0 aliphatic rings. The number of aliphatic hydroxyl groups excluding tert-OH is 2. The van der Waals surface area contributed by atoms with Crippen molar-refractivity contribution in [3.63, 3.8) is 0 Å². The maximum atomic E-state index is 13.2. The molecule has 20 heteroatoms. The number of amides is 4. The van der Waals surface area contributed by atoms with E-state index >= 15 is 0 Å². The Kier molecular flexibility index (Phi) is 18.5. The van der Waals surface area contributed by atoms with Crippen LogP contribution in [0.1, 0.15) is 45.6 Å². The van der Waals surface area contributed by atoms with Crippen molar-refractivity contribution in [2.45, 2.75) is 89.2 Å². The quantitative estimate of drug-likeness (QED) is 0.0299. The Morgan fingerprint density at radius 3 is 2.27 bits per heavy atom. The van der Waals surface area contributed by atoms with Gasteiger partial charge in [-0.2, -0.15) is 0 Å². The fourth-order valence-electron chi connectivity index (χ4n) is 6.23. The molecule has 338 valence electrons. The zero-order valence-corrected chi connectivity index (χ0v) is 35.8. The highest BCUT2D eigenvalue weighted by molar-refractivity contribution is 6.31. The van der Waals surface area contributed by atoms with E-state index in [1.807, 2.05) is 0 Å². The first-order valence-electron chi connectivity index (χ1n) is 19.8. The molecule has 0 aliphatic carbocycles. The number of benzene rings is 3. The number of aromatic nitrogens is 1. The zero-order chi connectivity index (χ0) is 46.2. The SMILES string of the molecule is COc1ccc2nc3cc(Cl)ccc3c(NCCC(=O)OCC(O)C(O)C(O[C@H](C)C(=O)NC(C)C(=O)NC(CCC(N)=O)C(=O)OCc3ccccc3)C(C=O)NC(C)=O)c2c1. The molecule has 0 radical (unpaired) electrons. The molecule has 8 N–H and O–H groups in total. The van der Waals surface area contributed by atoms with Crippen molar-refractivity contribution in [2.75, 3.05) is 25.6 Å². The Labute approximate surface area is 367 Å². The second-order valence-corrected chi connectivity index (χ2v) is 14.9. The van der Waals surface area contributed by atoms with Gasteiger partial charge < -0.3 is 61.0 Å². The summed E-state index contributed by atoms with van der Waals surface area (Å²) in [4.78, 5) is 92.3. The van der Waals surface area contributed by atoms with Crippen LogP contribution in [-0.4, -0.2) is 120 Å². The number of nitrogens with zero attached hydrogens (tertiary/aromatic N) is 1. The molecule has 3 aromatic carbocycles. The first-order valence-corrected chi connectivity index (χ1v) is 20.2. The van der Waals surface area contributed by atoms with E-state index in [0.29, 0.717) is 38.4 Å². The number of aliphatic hydroxyl groups is 2. The molecular weight excluding hydrogens is 844 g/mol. The highest BCUT2D eigenvalue weighted by Gasteiger charge is 2.38. The summed E-state index contributed by atoms with van der Waals surface area (Å²) < 4.78 is 21.6. The van der Waals surface area contributed by atoms with Crippen LogP contribution in [-0.2, 0) is 54.4 Å². The molecule has 0 saturated heterocycles. The molecule has 4 rings (SSSR count). The number of halogens is 1. The Hall–Kier alpha value is -6.41. The molecule has 0 saturated carbocycles. The van der Waals surface area contributed by atoms with E-state index in [2.05, 4.69) is 26.3 Å². The number of nitrogens with two attached hydrogens (primary N) is 1. The summed E-state index contributed by atoms with van der Waals surface area (Å²) in [5.41, 5.74) is 7.84. The van der Waals surface area contributed by atoms with Crippen LogP contribution in [0.3, 0.4) is 0 Å². The Bertz CT molecular complexity index is 2270. The number of anilines is 1. The average Bonchev–Trinajstić information content (AvgIpc) is 3.26. The van der Waals surface area contributed by atoms with Gasteiger partial charge in [0.25, 0.3) is 0 Å². The number of aldehydes is 1. The van der Waals surface area contributed by atoms with Crippen LogP contribution in [0, 0.1) is 0 Å². The number of esters is 2. The van der Waals surface area contributed by atoms with Gasteiger partial charge in [0.05, 0.1) is 30.3 Å². The molecule has 7 atom stereocenters. The van der Waals surface area contributed by atoms with Crippen LogP contribution in [0.25, 0.3) is 21.8 Å². The summed E-state index contributed by atoms with van der Waals surface area (Å²) in [5, 5.41) is 34.3. The number of rotatable bonds is 24. The molecule has 0 spiro atoms. The molecular formula is C43H51ClN6O13. The van der Waals surface area contributed by atoms with E-state index in [-0.39, 0.29) is 38.7 Å². The van der Waals surface area contributed by atoms with Crippen LogP contribution >= 0.6 is 11.6 Å². The summed E-state index contributed by atoms with van der Waals surface area (Å²) in [6.07, 6.45) is -7.63. The van der Waals surface area contributed by atoms with Gasteiger partial charge in [-0.05, 0) is 62.2 Å². The summed E-state index contributed by atoms with van der Waals surface area (Å²) in [6.45, 7) is 2.78. The van der Waals surface area contributed by atoms with Gasteiger partial charge >= 0.3 is 11.9 Å². The number of nitrogens with one attached hydrogen (secondary N) is 4. The molecule has 1 heterocycles. The first-order chi connectivity index (χ1) is 30.0. The molecule has 0 aliphatic heterocycles. The molecule has 4 amide bonds. The largest absolute Gasteiger partial charge is 0.497 e. The highest BCUT2D eigenvalue weighted by atomic mass is 35.5. The van der Waals surface area contributed by atoms with Crippen molar-refractivity contribution in [2.24, 2.45) is 5.73 Å². The predicted molar refractivity (Wildman–Crippen MR) is 229 cm³/mol. The van der Waals surface area contributed by atoms with E-state index in [1.54, 1.807) is 66.7 Å². The number of carbonyl (C=O) groups excluding carboxylic acids is 7. The maximum absolute atomic E-state index is 13.2. The van der Waals surface area contributed by atoms with Crippen molar-refractivity contribution in [1.29, 1.82) is 0 Å². The summed E-state index contributed by atoms with van der Waals surface area (Å²) in [6, 6.07) is 15.1. The van der Waals surface area contributed by atoms with E-state index in [9.17, 15) is 43.8 Å². The van der Waals surface area contributed by atoms with Crippen molar-refractivity contribution in [1.82, 2.24) is 20.9 Å². The molecule has 19 nitrogen and oxygen atoms in total. The maximum Gasteiger partial charge on any atom is 0.328 e. The molecule has 0 bridgehead atoms. The predicted octanol–water partition coefficient (Wildman–Crippen LogP) is 1.59. The lowest BCUT2D eigenvalue weighted by molar-refractivity contribution is -0.164. The van der Waals surface area contributed by atoms with Crippen LogP contribution in [0.5, 0.6) is 5.75 Å². The summed E-state index contributed by atoms with van der Waals surface area (Å²) in [7, 11) is 1.53. The van der Waals surface area contributed by atoms with Crippen LogP contribution in [0.4, 0.5) is 5.69 Å². The molecule has 1 aromatic heterocycles. The molecule has 4 aromatic rings.